The molecule has 3 nitrogen and oxygen atoms in total. The Hall–Kier alpha value is -2.71. The summed E-state index contributed by atoms with van der Waals surface area (Å²) in [7, 11) is 0. The normalized spacial score (nSPS) is 12.1. The van der Waals surface area contributed by atoms with Gasteiger partial charge in [-0.15, -0.1) is 0 Å². The quantitative estimate of drug-likeness (QED) is 0.751. The lowest BCUT2D eigenvalue weighted by atomic mass is 10.0. The van der Waals surface area contributed by atoms with Crippen LogP contribution in [0.5, 0.6) is 5.75 Å². The fourth-order valence-electron chi connectivity index (χ4n) is 2.22. The largest absolute Gasteiger partial charge is 0.489 e. The highest BCUT2D eigenvalue weighted by atomic mass is 19.4. The van der Waals surface area contributed by atoms with Gasteiger partial charge in [-0.25, -0.2) is 0 Å². The molecule has 0 saturated heterocycles. The van der Waals surface area contributed by atoms with E-state index in [-0.39, 0.29) is 18.2 Å². The Morgan fingerprint density at radius 3 is 2.23 bits per heavy atom. The molecule has 140 valence electrons. The standard InChI is InChI=1S/C17H12F6O3/c18-16(19,20)12-5-4-11(14(8-12)17(21,22)23)9-26-13-3-1-2-10(6-13)7-15(24)25/h1-6,8H,7,9H2,(H,24,25). The van der Waals surface area contributed by atoms with Crippen molar-refractivity contribution in [1.29, 1.82) is 0 Å². The molecule has 26 heavy (non-hydrogen) atoms. The summed E-state index contributed by atoms with van der Waals surface area (Å²) in [5.41, 5.74) is -2.93. The van der Waals surface area contributed by atoms with E-state index in [4.69, 9.17) is 9.84 Å². The number of rotatable bonds is 5. The molecule has 2 aromatic rings. The molecule has 0 aliphatic heterocycles. The van der Waals surface area contributed by atoms with Crippen molar-refractivity contribution in [3.8, 4) is 5.75 Å². The summed E-state index contributed by atoms with van der Waals surface area (Å²) in [6.45, 7) is -0.622. The molecule has 0 bridgehead atoms. The van der Waals surface area contributed by atoms with Gasteiger partial charge < -0.3 is 9.84 Å². The number of halogens is 6. The first-order valence-corrected chi connectivity index (χ1v) is 7.17. The average Bonchev–Trinajstić information content (AvgIpc) is 2.50. The van der Waals surface area contributed by atoms with Crippen LogP contribution in [0.2, 0.25) is 0 Å². The van der Waals surface area contributed by atoms with Gasteiger partial charge in [-0.05, 0) is 29.8 Å². The molecule has 2 rings (SSSR count). The zero-order valence-electron chi connectivity index (χ0n) is 13.0. The molecule has 0 spiro atoms. The molecule has 0 fully saturated rings. The highest BCUT2D eigenvalue weighted by Gasteiger charge is 2.38. The third kappa shape index (κ3) is 5.14. The number of ether oxygens (including phenoxy) is 1. The lowest BCUT2D eigenvalue weighted by Gasteiger charge is -2.16. The fraction of sp³-hybridized carbons (Fsp3) is 0.235. The molecule has 0 amide bonds. The molecule has 0 saturated carbocycles. The molecule has 0 unspecified atom stereocenters. The van der Waals surface area contributed by atoms with Gasteiger partial charge in [0.1, 0.15) is 12.4 Å². The van der Waals surface area contributed by atoms with Gasteiger partial charge in [-0.2, -0.15) is 26.3 Å². The summed E-state index contributed by atoms with van der Waals surface area (Å²) >= 11 is 0. The van der Waals surface area contributed by atoms with Crippen molar-refractivity contribution >= 4 is 5.97 Å². The van der Waals surface area contributed by atoms with Gasteiger partial charge in [0.25, 0.3) is 0 Å². The number of carboxylic acids is 1. The minimum atomic E-state index is -4.98. The van der Waals surface area contributed by atoms with E-state index in [1.165, 1.54) is 24.3 Å². The van der Waals surface area contributed by atoms with Crippen LogP contribution in [0.1, 0.15) is 22.3 Å². The second-order valence-corrected chi connectivity index (χ2v) is 5.37. The zero-order valence-corrected chi connectivity index (χ0v) is 13.0. The number of hydrogen-bond donors (Lipinski definition) is 1. The number of aliphatic carboxylic acids is 1. The van der Waals surface area contributed by atoms with Gasteiger partial charge in [-0.1, -0.05) is 18.2 Å². The van der Waals surface area contributed by atoms with Crippen LogP contribution < -0.4 is 4.74 Å². The second kappa shape index (κ2) is 7.27. The predicted molar refractivity (Wildman–Crippen MR) is 78.6 cm³/mol. The molecule has 1 N–H and O–H groups in total. The van der Waals surface area contributed by atoms with Crippen LogP contribution in [-0.2, 0) is 30.2 Å². The van der Waals surface area contributed by atoms with Crippen molar-refractivity contribution in [3.63, 3.8) is 0 Å². The molecule has 2 aromatic carbocycles. The number of carbonyl (C=O) groups is 1. The molecule has 0 heterocycles. The number of benzene rings is 2. The highest BCUT2D eigenvalue weighted by molar-refractivity contribution is 5.70. The minimum absolute atomic E-state index is 0.0412. The molecule has 9 heteroatoms. The topological polar surface area (TPSA) is 46.5 Å². The highest BCUT2D eigenvalue weighted by Crippen LogP contribution is 2.37. The van der Waals surface area contributed by atoms with Gasteiger partial charge in [0.05, 0.1) is 17.5 Å². The van der Waals surface area contributed by atoms with E-state index < -0.39 is 41.6 Å². The summed E-state index contributed by atoms with van der Waals surface area (Å²) < 4.78 is 82.3. The first kappa shape index (κ1) is 19.6. The predicted octanol–water partition coefficient (Wildman–Crippen LogP) is 4.93. The van der Waals surface area contributed by atoms with Crippen LogP contribution in [0, 0.1) is 0 Å². The number of alkyl halides is 6. The van der Waals surface area contributed by atoms with E-state index in [9.17, 15) is 31.1 Å². The Kier molecular flexibility index (Phi) is 5.48. The van der Waals surface area contributed by atoms with Crippen molar-refractivity contribution in [2.45, 2.75) is 25.4 Å². The summed E-state index contributed by atoms with van der Waals surface area (Å²) in [6.07, 6.45) is -10.2. The fourth-order valence-corrected chi connectivity index (χ4v) is 2.22. The lowest BCUT2D eigenvalue weighted by molar-refractivity contribution is -0.143. The van der Waals surface area contributed by atoms with Crippen LogP contribution in [0.15, 0.2) is 42.5 Å². The van der Waals surface area contributed by atoms with Crippen molar-refractivity contribution in [2.24, 2.45) is 0 Å². The van der Waals surface area contributed by atoms with Crippen LogP contribution in [0.4, 0.5) is 26.3 Å². The molecule has 0 atom stereocenters. The monoisotopic (exact) mass is 378 g/mol. The van der Waals surface area contributed by atoms with Gasteiger partial charge in [-0.3, -0.25) is 4.79 Å². The second-order valence-electron chi connectivity index (χ2n) is 5.37. The summed E-state index contributed by atoms with van der Waals surface area (Å²) in [5, 5.41) is 8.73. The molecular formula is C17H12F6O3. The average molecular weight is 378 g/mol. The maximum Gasteiger partial charge on any atom is 0.416 e. The van der Waals surface area contributed by atoms with Crippen LogP contribution in [0.3, 0.4) is 0 Å². The van der Waals surface area contributed by atoms with E-state index in [0.717, 1.165) is 0 Å². The van der Waals surface area contributed by atoms with Crippen LogP contribution in [0.25, 0.3) is 0 Å². The molecule has 0 aromatic heterocycles. The van der Waals surface area contributed by atoms with Crippen molar-refractivity contribution in [2.75, 3.05) is 0 Å². The zero-order chi connectivity index (χ0) is 19.5. The van der Waals surface area contributed by atoms with Gasteiger partial charge in [0.15, 0.2) is 0 Å². The Morgan fingerprint density at radius 2 is 1.65 bits per heavy atom. The third-order valence-corrected chi connectivity index (χ3v) is 3.39. The first-order valence-electron chi connectivity index (χ1n) is 7.17. The Bertz CT molecular complexity index is 796. The van der Waals surface area contributed by atoms with Crippen molar-refractivity contribution in [3.05, 3.63) is 64.7 Å². The third-order valence-electron chi connectivity index (χ3n) is 3.39. The summed E-state index contributed by atoms with van der Waals surface area (Å²) in [6, 6.07) is 7.01. The Labute approximate surface area is 143 Å². The first-order chi connectivity index (χ1) is 12.0. The van der Waals surface area contributed by atoms with Gasteiger partial charge in [0, 0.05) is 5.56 Å². The van der Waals surface area contributed by atoms with E-state index in [2.05, 4.69) is 0 Å². The summed E-state index contributed by atoms with van der Waals surface area (Å²) in [4.78, 5) is 10.7. The molecular weight excluding hydrogens is 366 g/mol. The van der Waals surface area contributed by atoms with Crippen molar-refractivity contribution in [1.82, 2.24) is 0 Å². The Balaban J connectivity index is 2.25. The van der Waals surface area contributed by atoms with E-state index in [1.54, 1.807) is 0 Å². The lowest BCUT2D eigenvalue weighted by Crippen LogP contribution is -2.14. The maximum atomic E-state index is 13.1. The molecule has 0 aliphatic rings. The van der Waals surface area contributed by atoms with Gasteiger partial charge in [0.2, 0.25) is 0 Å². The SMILES string of the molecule is O=C(O)Cc1cccc(OCc2ccc(C(F)(F)F)cc2C(F)(F)F)c1. The van der Waals surface area contributed by atoms with E-state index >= 15 is 0 Å². The van der Waals surface area contributed by atoms with Crippen LogP contribution in [-0.4, -0.2) is 11.1 Å². The van der Waals surface area contributed by atoms with Crippen molar-refractivity contribution < 1.29 is 41.0 Å². The number of hydrogen-bond acceptors (Lipinski definition) is 2. The van der Waals surface area contributed by atoms with Gasteiger partial charge >= 0.3 is 18.3 Å². The van der Waals surface area contributed by atoms with Crippen LogP contribution >= 0.6 is 0 Å². The van der Waals surface area contributed by atoms with E-state index in [1.807, 2.05) is 0 Å². The smallest absolute Gasteiger partial charge is 0.416 e. The number of carboxylic acid groups (broad SMARTS) is 1. The maximum absolute atomic E-state index is 13.1. The molecule has 0 aliphatic carbocycles. The minimum Gasteiger partial charge on any atom is -0.489 e. The molecule has 0 radical (unpaired) electrons. The van der Waals surface area contributed by atoms with E-state index in [0.29, 0.717) is 17.7 Å². The summed E-state index contributed by atoms with van der Waals surface area (Å²) in [5.74, 6) is -0.985. The Morgan fingerprint density at radius 1 is 0.962 bits per heavy atom.